The lowest BCUT2D eigenvalue weighted by Crippen LogP contribution is -2.47. The maximum atomic E-state index is 11.8. The van der Waals surface area contributed by atoms with Crippen molar-refractivity contribution < 1.29 is 14.4 Å². The molecule has 0 aromatic heterocycles. The molecule has 2 fully saturated rings. The SMILES string of the molecule is Cl.O=C(NCCCN1C(=O)CNC1=O)C1CCCCN1. The van der Waals surface area contributed by atoms with Crippen LogP contribution in [0.1, 0.15) is 25.7 Å². The lowest BCUT2D eigenvalue weighted by molar-refractivity contribution is -0.125. The Balaban J connectivity index is 0.00000200. The van der Waals surface area contributed by atoms with E-state index in [1.165, 1.54) is 4.90 Å². The largest absolute Gasteiger partial charge is 0.355 e. The number of imide groups is 1. The molecule has 0 saturated carbocycles. The number of carbonyl (C=O) groups excluding carboxylic acids is 3. The summed E-state index contributed by atoms with van der Waals surface area (Å²) in [7, 11) is 0. The Labute approximate surface area is 124 Å². The molecule has 0 spiro atoms. The van der Waals surface area contributed by atoms with Gasteiger partial charge in [-0.05, 0) is 25.8 Å². The van der Waals surface area contributed by atoms with E-state index in [0.29, 0.717) is 19.5 Å². The molecular formula is C12H21ClN4O3. The number of hydrogen-bond donors (Lipinski definition) is 3. The molecule has 3 N–H and O–H groups in total. The van der Waals surface area contributed by atoms with E-state index < -0.39 is 0 Å². The number of amides is 4. The molecule has 20 heavy (non-hydrogen) atoms. The number of hydrogen-bond acceptors (Lipinski definition) is 4. The molecule has 7 nitrogen and oxygen atoms in total. The maximum absolute atomic E-state index is 11.8. The Morgan fingerprint density at radius 3 is 2.75 bits per heavy atom. The Hall–Kier alpha value is -1.34. The Bertz CT molecular complexity index is 356. The zero-order valence-electron chi connectivity index (χ0n) is 11.3. The molecule has 114 valence electrons. The predicted octanol–water partition coefficient (Wildman–Crippen LogP) is -0.392. The fraction of sp³-hybridized carbons (Fsp3) is 0.750. The summed E-state index contributed by atoms with van der Waals surface area (Å²) in [6.07, 6.45) is 3.65. The van der Waals surface area contributed by atoms with Crippen LogP contribution in [0.5, 0.6) is 0 Å². The highest BCUT2D eigenvalue weighted by Crippen LogP contribution is 2.06. The van der Waals surface area contributed by atoms with Gasteiger partial charge in [-0.2, -0.15) is 0 Å². The van der Waals surface area contributed by atoms with Crippen LogP contribution < -0.4 is 16.0 Å². The van der Waals surface area contributed by atoms with Gasteiger partial charge in [0.15, 0.2) is 0 Å². The highest BCUT2D eigenvalue weighted by Gasteiger charge is 2.27. The van der Waals surface area contributed by atoms with Gasteiger partial charge in [-0.1, -0.05) is 6.42 Å². The van der Waals surface area contributed by atoms with Gasteiger partial charge in [0, 0.05) is 13.1 Å². The van der Waals surface area contributed by atoms with Crippen molar-refractivity contribution in [2.45, 2.75) is 31.7 Å². The normalized spacial score (nSPS) is 22.2. The smallest absolute Gasteiger partial charge is 0.324 e. The number of nitrogens with zero attached hydrogens (tertiary/aromatic N) is 1. The van der Waals surface area contributed by atoms with Crippen molar-refractivity contribution >= 4 is 30.3 Å². The summed E-state index contributed by atoms with van der Waals surface area (Å²) in [5, 5.41) is 8.47. The first-order valence-electron chi connectivity index (χ1n) is 6.78. The lowest BCUT2D eigenvalue weighted by Gasteiger charge is -2.22. The molecule has 2 aliphatic rings. The van der Waals surface area contributed by atoms with Gasteiger partial charge < -0.3 is 16.0 Å². The molecule has 0 bridgehead atoms. The van der Waals surface area contributed by atoms with Crippen molar-refractivity contribution in [1.82, 2.24) is 20.9 Å². The van der Waals surface area contributed by atoms with Crippen LogP contribution in [0.4, 0.5) is 4.79 Å². The third kappa shape index (κ3) is 4.35. The van der Waals surface area contributed by atoms with Crippen LogP contribution in [0.3, 0.4) is 0 Å². The molecule has 2 saturated heterocycles. The van der Waals surface area contributed by atoms with E-state index in [9.17, 15) is 14.4 Å². The molecule has 1 unspecified atom stereocenters. The second kappa shape index (κ2) is 8.06. The second-order valence-corrected chi connectivity index (χ2v) is 4.85. The Kier molecular flexibility index (Phi) is 6.74. The van der Waals surface area contributed by atoms with Crippen molar-refractivity contribution in [1.29, 1.82) is 0 Å². The summed E-state index contributed by atoms with van der Waals surface area (Å²) < 4.78 is 0. The van der Waals surface area contributed by atoms with Gasteiger partial charge in [0.25, 0.3) is 0 Å². The second-order valence-electron chi connectivity index (χ2n) is 4.85. The summed E-state index contributed by atoms with van der Waals surface area (Å²) in [5.74, 6) is -0.192. The van der Waals surface area contributed by atoms with Crippen molar-refractivity contribution in [3.8, 4) is 0 Å². The van der Waals surface area contributed by atoms with Gasteiger partial charge in [0.05, 0.1) is 12.6 Å². The maximum Gasteiger partial charge on any atom is 0.324 e. The average Bonchev–Trinajstić information content (AvgIpc) is 2.75. The predicted molar refractivity (Wildman–Crippen MR) is 75.6 cm³/mol. The van der Waals surface area contributed by atoms with E-state index in [2.05, 4.69) is 16.0 Å². The van der Waals surface area contributed by atoms with E-state index in [4.69, 9.17) is 0 Å². The van der Waals surface area contributed by atoms with E-state index in [1.807, 2.05) is 0 Å². The molecule has 0 aromatic rings. The molecule has 8 heteroatoms. The van der Waals surface area contributed by atoms with Gasteiger partial charge in [-0.15, -0.1) is 12.4 Å². The summed E-state index contributed by atoms with van der Waals surface area (Å²) in [6.45, 7) is 1.80. The minimum Gasteiger partial charge on any atom is -0.355 e. The highest BCUT2D eigenvalue weighted by atomic mass is 35.5. The van der Waals surface area contributed by atoms with Crippen LogP contribution in [-0.4, -0.2) is 55.0 Å². The van der Waals surface area contributed by atoms with Gasteiger partial charge in [-0.25, -0.2) is 4.79 Å². The van der Waals surface area contributed by atoms with Crippen LogP contribution in [0.15, 0.2) is 0 Å². The van der Waals surface area contributed by atoms with E-state index in [-0.39, 0.29) is 42.8 Å². The minimum atomic E-state index is -0.342. The van der Waals surface area contributed by atoms with Crippen LogP contribution in [0.25, 0.3) is 0 Å². The molecule has 2 heterocycles. The van der Waals surface area contributed by atoms with Crippen molar-refractivity contribution in [2.24, 2.45) is 0 Å². The third-order valence-electron chi connectivity index (χ3n) is 3.42. The van der Waals surface area contributed by atoms with Crippen molar-refractivity contribution in [2.75, 3.05) is 26.2 Å². The quantitative estimate of drug-likeness (QED) is 0.476. The summed E-state index contributed by atoms with van der Waals surface area (Å²) in [4.78, 5) is 35.5. The highest BCUT2D eigenvalue weighted by molar-refractivity contribution is 6.01. The van der Waals surface area contributed by atoms with Crippen LogP contribution in [0, 0.1) is 0 Å². The van der Waals surface area contributed by atoms with E-state index >= 15 is 0 Å². The van der Waals surface area contributed by atoms with Gasteiger partial charge in [-0.3, -0.25) is 14.5 Å². The fourth-order valence-electron chi connectivity index (χ4n) is 2.33. The number of urea groups is 1. The fourth-order valence-corrected chi connectivity index (χ4v) is 2.33. The molecule has 1 atom stereocenters. The molecule has 2 aliphatic heterocycles. The first kappa shape index (κ1) is 16.7. The van der Waals surface area contributed by atoms with Crippen molar-refractivity contribution in [3.63, 3.8) is 0 Å². The molecule has 0 aliphatic carbocycles. The number of carbonyl (C=O) groups is 3. The number of rotatable bonds is 5. The molecule has 0 aromatic carbocycles. The minimum absolute atomic E-state index is 0. The standard InChI is InChI=1S/C12H20N4O3.ClH/c17-10-8-15-12(19)16(10)7-3-6-14-11(18)9-4-1-2-5-13-9;/h9,13H,1-8H2,(H,14,18)(H,15,19);1H. The Morgan fingerprint density at radius 2 is 2.15 bits per heavy atom. The van der Waals surface area contributed by atoms with Crippen molar-refractivity contribution in [3.05, 3.63) is 0 Å². The monoisotopic (exact) mass is 304 g/mol. The third-order valence-corrected chi connectivity index (χ3v) is 3.42. The number of halogens is 1. The van der Waals surface area contributed by atoms with E-state index in [1.54, 1.807) is 0 Å². The lowest BCUT2D eigenvalue weighted by atomic mass is 10.0. The Morgan fingerprint density at radius 1 is 1.35 bits per heavy atom. The number of nitrogens with one attached hydrogen (secondary N) is 3. The topological polar surface area (TPSA) is 90.5 Å². The van der Waals surface area contributed by atoms with Crippen LogP contribution in [0.2, 0.25) is 0 Å². The number of piperidine rings is 1. The summed E-state index contributed by atoms with van der Waals surface area (Å²) >= 11 is 0. The summed E-state index contributed by atoms with van der Waals surface area (Å²) in [6, 6.07) is -0.434. The average molecular weight is 305 g/mol. The summed E-state index contributed by atoms with van der Waals surface area (Å²) in [5.41, 5.74) is 0. The van der Waals surface area contributed by atoms with Crippen LogP contribution in [-0.2, 0) is 9.59 Å². The molecule has 4 amide bonds. The zero-order chi connectivity index (χ0) is 13.7. The zero-order valence-corrected chi connectivity index (χ0v) is 12.1. The molecular weight excluding hydrogens is 284 g/mol. The van der Waals surface area contributed by atoms with E-state index in [0.717, 1.165) is 25.8 Å². The molecule has 2 rings (SSSR count). The van der Waals surface area contributed by atoms with Gasteiger partial charge in [0.1, 0.15) is 0 Å². The first-order chi connectivity index (χ1) is 9.18. The van der Waals surface area contributed by atoms with Crippen LogP contribution >= 0.6 is 12.4 Å². The van der Waals surface area contributed by atoms with Gasteiger partial charge in [0.2, 0.25) is 11.8 Å². The first-order valence-corrected chi connectivity index (χ1v) is 6.78. The van der Waals surface area contributed by atoms with Gasteiger partial charge >= 0.3 is 6.03 Å². The molecule has 0 radical (unpaired) electrons.